The molecule has 0 atom stereocenters. The molecule has 84 valence electrons. The van der Waals surface area contributed by atoms with Crippen LogP contribution in [0.3, 0.4) is 0 Å². The summed E-state index contributed by atoms with van der Waals surface area (Å²) < 4.78 is 2.09. The van der Waals surface area contributed by atoms with E-state index in [0.29, 0.717) is 0 Å². The van der Waals surface area contributed by atoms with Crippen molar-refractivity contribution in [3.63, 3.8) is 0 Å². The van der Waals surface area contributed by atoms with Gasteiger partial charge in [-0.05, 0) is 40.9 Å². The largest absolute Gasteiger partial charge is 0.229 e. The topological polar surface area (TPSA) is 12.9 Å². The Morgan fingerprint density at radius 3 is 2.69 bits per heavy atom. The average Bonchev–Trinajstić information content (AvgIpc) is 2.63. The van der Waals surface area contributed by atoms with Crippen molar-refractivity contribution in [1.82, 2.24) is 4.98 Å². The van der Waals surface area contributed by atoms with Crippen molar-refractivity contribution in [3.8, 4) is 11.3 Å². The Morgan fingerprint density at radius 2 is 2.06 bits per heavy atom. The van der Waals surface area contributed by atoms with Gasteiger partial charge in [0.05, 0.1) is 5.69 Å². The summed E-state index contributed by atoms with van der Waals surface area (Å²) in [6.07, 6.45) is 1.02. The normalized spacial score (nSPS) is 10.8. The molecule has 0 aliphatic carbocycles. The third kappa shape index (κ3) is 2.39. The van der Waals surface area contributed by atoms with Gasteiger partial charge in [-0.25, -0.2) is 4.98 Å². The van der Waals surface area contributed by atoms with E-state index in [-0.39, 0.29) is 0 Å². The molecule has 16 heavy (non-hydrogen) atoms. The molecular weight excluding hydrogens is 350 g/mol. The van der Waals surface area contributed by atoms with Crippen LogP contribution in [0.15, 0.2) is 26.6 Å². The summed E-state index contributed by atoms with van der Waals surface area (Å²) in [7, 11) is 0. The van der Waals surface area contributed by atoms with Gasteiger partial charge in [0.15, 0.2) is 3.92 Å². The Balaban J connectivity index is 2.53. The number of aryl methyl sites for hydroxylation is 2. The Morgan fingerprint density at radius 1 is 1.31 bits per heavy atom. The fourth-order valence-electron chi connectivity index (χ4n) is 1.53. The van der Waals surface area contributed by atoms with E-state index in [4.69, 9.17) is 0 Å². The second-order valence-electron chi connectivity index (χ2n) is 3.56. The third-order valence-corrected chi connectivity index (χ3v) is 4.94. The Kier molecular flexibility index (Phi) is 3.82. The quantitative estimate of drug-likeness (QED) is 0.716. The highest BCUT2D eigenvalue weighted by Crippen LogP contribution is 2.33. The van der Waals surface area contributed by atoms with Crippen molar-refractivity contribution in [2.45, 2.75) is 20.3 Å². The van der Waals surface area contributed by atoms with E-state index in [0.717, 1.165) is 20.5 Å². The van der Waals surface area contributed by atoms with Crippen LogP contribution in [0.2, 0.25) is 0 Å². The molecule has 0 fully saturated rings. The first-order chi connectivity index (χ1) is 7.61. The number of thiazole rings is 1. The van der Waals surface area contributed by atoms with E-state index in [1.165, 1.54) is 16.0 Å². The molecule has 0 amide bonds. The zero-order chi connectivity index (χ0) is 11.7. The predicted octanol–water partition coefficient (Wildman–Crippen LogP) is 5.21. The molecule has 2 aromatic rings. The number of hydrogen-bond donors (Lipinski definition) is 0. The van der Waals surface area contributed by atoms with Crippen molar-refractivity contribution < 1.29 is 0 Å². The first-order valence-electron chi connectivity index (χ1n) is 5.03. The van der Waals surface area contributed by atoms with Crippen LogP contribution in [0.25, 0.3) is 11.3 Å². The van der Waals surface area contributed by atoms with Crippen LogP contribution >= 0.6 is 43.2 Å². The van der Waals surface area contributed by atoms with Gasteiger partial charge >= 0.3 is 0 Å². The molecular formula is C12H11Br2NS. The first-order valence-corrected chi connectivity index (χ1v) is 7.43. The lowest BCUT2D eigenvalue weighted by Gasteiger charge is -2.03. The number of nitrogens with zero attached hydrogens (tertiary/aromatic N) is 1. The summed E-state index contributed by atoms with van der Waals surface area (Å²) in [6.45, 7) is 4.25. The van der Waals surface area contributed by atoms with Crippen LogP contribution in [-0.2, 0) is 6.42 Å². The molecule has 1 aromatic carbocycles. The van der Waals surface area contributed by atoms with E-state index in [1.807, 2.05) is 0 Å². The molecule has 0 N–H and O–H groups in total. The van der Waals surface area contributed by atoms with E-state index >= 15 is 0 Å². The lowest BCUT2D eigenvalue weighted by Crippen LogP contribution is -1.85. The van der Waals surface area contributed by atoms with Crippen molar-refractivity contribution in [1.29, 1.82) is 0 Å². The smallest absolute Gasteiger partial charge is 0.160 e. The van der Waals surface area contributed by atoms with Crippen LogP contribution in [0.1, 0.15) is 17.4 Å². The second kappa shape index (κ2) is 4.98. The van der Waals surface area contributed by atoms with Gasteiger partial charge in [0.1, 0.15) is 0 Å². The fourth-order valence-corrected chi connectivity index (χ4v) is 3.42. The number of halogens is 2. The lowest BCUT2D eigenvalue weighted by atomic mass is 10.1. The first kappa shape index (κ1) is 12.3. The standard InChI is InChI=1S/C12H11Br2NS/c1-3-10-11(15-12(14)16-10)8-5-4-7(2)9(13)6-8/h4-6H,3H2,1-2H3. The highest BCUT2D eigenvalue weighted by atomic mass is 79.9. The van der Waals surface area contributed by atoms with Gasteiger partial charge < -0.3 is 0 Å². The number of aromatic nitrogens is 1. The minimum Gasteiger partial charge on any atom is -0.229 e. The summed E-state index contributed by atoms with van der Waals surface area (Å²) in [5, 5.41) is 0. The minimum absolute atomic E-state index is 0.955. The number of hydrogen-bond acceptors (Lipinski definition) is 2. The molecule has 0 unspecified atom stereocenters. The SMILES string of the molecule is CCc1sc(Br)nc1-c1ccc(C)c(Br)c1. The summed E-state index contributed by atoms with van der Waals surface area (Å²) in [5.74, 6) is 0. The molecule has 0 saturated carbocycles. The highest BCUT2D eigenvalue weighted by molar-refractivity contribution is 9.11. The molecule has 0 radical (unpaired) electrons. The molecule has 0 bridgehead atoms. The molecule has 2 rings (SSSR count). The molecule has 0 spiro atoms. The summed E-state index contributed by atoms with van der Waals surface area (Å²) in [4.78, 5) is 5.86. The van der Waals surface area contributed by atoms with E-state index in [1.54, 1.807) is 11.3 Å². The van der Waals surface area contributed by atoms with Crippen molar-refractivity contribution in [3.05, 3.63) is 37.0 Å². The van der Waals surface area contributed by atoms with Gasteiger partial charge in [-0.2, -0.15) is 0 Å². The highest BCUT2D eigenvalue weighted by Gasteiger charge is 2.11. The maximum Gasteiger partial charge on any atom is 0.160 e. The maximum absolute atomic E-state index is 4.54. The van der Waals surface area contributed by atoms with E-state index < -0.39 is 0 Å². The van der Waals surface area contributed by atoms with Gasteiger partial charge in [-0.3, -0.25) is 0 Å². The second-order valence-corrected chi connectivity index (χ2v) is 6.77. The molecule has 1 nitrogen and oxygen atoms in total. The van der Waals surface area contributed by atoms with Gasteiger partial charge in [-0.15, -0.1) is 11.3 Å². The van der Waals surface area contributed by atoms with Crippen LogP contribution in [0.5, 0.6) is 0 Å². The maximum atomic E-state index is 4.54. The molecule has 0 aliphatic rings. The van der Waals surface area contributed by atoms with Gasteiger partial charge in [0, 0.05) is 14.9 Å². The van der Waals surface area contributed by atoms with Crippen molar-refractivity contribution >= 4 is 43.2 Å². The van der Waals surface area contributed by atoms with E-state index in [2.05, 4.69) is 68.9 Å². The monoisotopic (exact) mass is 359 g/mol. The molecule has 0 aliphatic heterocycles. The lowest BCUT2D eigenvalue weighted by molar-refractivity contribution is 1.17. The summed E-state index contributed by atoms with van der Waals surface area (Å²) >= 11 is 8.72. The van der Waals surface area contributed by atoms with Gasteiger partial charge in [0.2, 0.25) is 0 Å². The molecule has 1 aromatic heterocycles. The Bertz CT molecular complexity index is 520. The fraction of sp³-hybridized carbons (Fsp3) is 0.250. The van der Waals surface area contributed by atoms with Gasteiger partial charge in [-0.1, -0.05) is 35.0 Å². The molecule has 1 heterocycles. The minimum atomic E-state index is 0.955. The zero-order valence-corrected chi connectivity index (χ0v) is 13.0. The zero-order valence-electron chi connectivity index (χ0n) is 9.05. The Hall–Kier alpha value is -0.190. The average molecular weight is 361 g/mol. The summed E-state index contributed by atoms with van der Waals surface area (Å²) in [6, 6.07) is 6.38. The predicted molar refractivity (Wildman–Crippen MR) is 77.1 cm³/mol. The summed E-state index contributed by atoms with van der Waals surface area (Å²) in [5.41, 5.74) is 3.52. The van der Waals surface area contributed by atoms with Crippen molar-refractivity contribution in [2.24, 2.45) is 0 Å². The number of benzene rings is 1. The van der Waals surface area contributed by atoms with Crippen LogP contribution < -0.4 is 0 Å². The van der Waals surface area contributed by atoms with Crippen LogP contribution in [0.4, 0.5) is 0 Å². The molecule has 4 heteroatoms. The van der Waals surface area contributed by atoms with Gasteiger partial charge in [0.25, 0.3) is 0 Å². The van der Waals surface area contributed by atoms with E-state index in [9.17, 15) is 0 Å². The van der Waals surface area contributed by atoms with Crippen LogP contribution in [-0.4, -0.2) is 4.98 Å². The number of rotatable bonds is 2. The Labute approximate surface area is 116 Å². The molecule has 0 saturated heterocycles. The third-order valence-electron chi connectivity index (χ3n) is 2.44. The van der Waals surface area contributed by atoms with Crippen LogP contribution in [0, 0.1) is 6.92 Å². The van der Waals surface area contributed by atoms with Crippen molar-refractivity contribution in [2.75, 3.05) is 0 Å².